The lowest BCUT2D eigenvalue weighted by Gasteiger charge is -2.36. The highest BCUT2D eigenvalue weighted by Gasteiger charge is 2.24. The molecule has 106 valence electrons. The van der Waals surface area contributed by atoms with Crippen molar-refractivity contribution in [3.63, 3.8) is 0 Å². The quantitative estimate of drug-likeness (QED) is 0.876. The van der Waals surface area contributed by atoms with E-state index in [9.17, 15) is 5.11 Å². The number of phenols is 1. The van der Waals surface area contributed by atoms with E-state index in [-0.39, 0.29) is 0 Å². The van der Waals surface area contributed by atoms with Crippen molar-refractivity contribution in [3.05, 3.63) is 28.8 Å². The Bertz CT molecular complexity index is 402. The zero-order chi connectivity index (χ0) is 13.8. The monoisotopic (exact) mass is 262 g/mol. The van der Waals surface area contributed by atoms with Crippen LogP contribution in [0.4, 0.5) is 0 Å². The van der Waals surface area contributed by atoms with E-state index < -0.39 is 0 Å². The number of nitrogens with one attached hydrogen (secondary N) is 1. The van der Waals surface area contributed by atoms with Crippen molar-refractivity contribution in [1.82, 2.24) is 10.2 Å². The average molecular weight is 262 g/mol. The highest BCUT2D eigenvalue weighted by Crippen LogP contribution is 2.33. The Morgan fingerprint density at radius 2 is 1.79 bits per heavy atom. The van der Waals surface area contributed by atoms with Gasteiger partial charge in [-0.3, -0.25) is 4.90 Å². The first-order chi connectivity index (χ1) is 9.13. The van der Waals surface area contributed by atoms with Crippen molar-refractivity contribution in [3.8, 4) is 5.75 Å². The number of nitrogens with zero attached hydrogens (tertiary/aromatic N) is 1. The Kier molecular flexibility index (Phi) is 4.83. The largest absolute Gasteiger partial charge is 0.508 e. The van der Waals surface area contributed by atoms with Gasteiger partial charge in [0.15, 0.2) is 0 Å². The van der Waals surface area contributed by atoms with Crippen LogP contribution in [0.2, 0.25) is 0 Å². The van der Waals surface area contributed by atoms with E-state index in [2.05, 4.69) is 31.0 Å². The minimum atomic E-state index is 0.384. The number of aryl methyl sites for hydroxylation is 2. The Hall–Kier alpha value is -1.06. The summed E-state index contributed by atoms with van der Waals surface area (Å²) in [6, 6.07) is 4.29. The highest BCUT2D eigenvalue weighted by atomic mass is 16.3. The third-order valence-corrected chi connectivity index (χ3v) is 4.07. The predicted molar refractivity (Wildman–Crippen MR) is 79.7 cm³/mol. The fraction of sp³-hybridized carbons (Fsp3) is 0.625. The Morgan fingerprint density at radius 1 is 1.21 bits per heavy atom. The fourth-order valence-corrected chi connectivity index (χ4v) is 3.25. The van der Waals surface area contributed by atoms with Crippen LogP contribution in [-0.4, -0.2) is 36.2 Å². The maximum Gasteiger partial charge on any atom is 0.116 e. The molecule has 3 nitrogen and oxygen atoms in total. The van der Waals surface area contributed by atoms with Crippen molar-refractivity contribution < 1.29 is 5.11 Å². The van der Waals surface area contributed by atoms with Crippen LogP contribution in [0.15, 0.2) is 12.1 Å². The van der Waals surface area contributed by atoms with Gasteiger partial charge in [-0.05, 0) is 49.1 Å². The second-order valence-corrected chi connectivity index (χ2v) is 5.58. The SMILES string of the molecule is CCC[C@H](c1c(C)cc(O)cc1C)N1CCNCC1. The standard InChI is InChI=1S/C16H26N2O/c1-4-5-15(18-8-6-17-7-9-18)16-12(2)10-14(19)11-13(16)3/h10-11,15,17,19H,4-9H2,1-3H3/t15-/m1/s1. The van der Waals surface area contributed by atoms with E-state index in [1.165, 1.54) is 29.5 Å². The number of hydrogen-bond donors (Lipinski definition) is 2. The number of benzene rings is 1. The topological polar surface area (TPSA) is 35.5 Å². The molecule has 0 bridgehead atoms. The van der Waals surface area contributed by atoms with Gasteiger partial charge in [-0.15, -0.1) is 0 Å². The molecule has 0 radical (unpaired) electrons. The van der Waals surface area contributed by atoms with Gasteiger partial charge in [0.25, 0.3) is 0 Å². The first kappa shape index (κ1) is 14.4. The number of hydrogen-bond acceptors (Lipinski definition) is 3. The van der Waals surface area contributed by atoms with Crippen LogP contribution < -0.4 is 5.32 Å². The Balaban J connectivity index is 2.32. The van der Waals surface area contributed by atoms with Gasteiger partial charge < -0.3 is 10.4 Å². The van der Waals surface area contributed by atoms with Crippen molar-refractivity contribution in [2.24, 2.45) is 0 Å². The Morgan fingerprint density at radius 3 is 2.32 bits per heavy atom. The van der Waals surface area contributed by atoms with E-state index in [0.29, 0.717) is 11.8 Å². The molecule has 0 saturated carbocycles. The molecule has 0 spiro atoms. The third-order valence-electron chi connectivity index (χ3n) is 4.07. The first-order valence-corrected chi connectivity index (χ1v) is 7.38. The molecule has 1 aliphatic rings. The van der Waals surface area contributed by atoms with E-state index in [1.54, 1.807) is 0 Å². The van der Waals surface area contributed by atoms with E-state index in [1.807, 2.05) is 12.1 Å². The molecule has 1 aromatic rings. The van der Waals surface area contributed by atoms with Gasteiger partial charge in [-0.2, -0.15) is 0 Å². The molecule has 0 aliphatic carbocycles. The van der Waals surface area contributed by atoms with Gasteiger partial charge in [0.1, 0.15) is 5.75 Å². The van der Waals surface area contributed by atoms with Crippen molar-refractivity contribution in [1.29, 1.82) is 0 Å². The minimum Gasteiger partial charge on any atom is -0.508 e. The predicted octanol–water partition coefficient (Wildman–Crippen LogP) is 2.76. The van der Waals surface area contributed by atoms with Crippen LogP contribution in [0.25, 0.3) is 0 Å². The smallest absolute Gasteiger partial charge is 0.116 e. The Labute approximate surface area is 116 Å². The maximum absolute atomic E-state index is 9.72. The van der Waals surface area contributed by atoms with Gasteiger partial charge in [0.2, 0.25) is 0 Å². The molecule has 0 aromatic heterocycles. The molecular formula is C16H26N2O. The molecule has 1 aromatic carbocycles. The van der Waals surface area contributed by atoms with Crippen molar-refractivity contribution >= 4 is 0 Å². The number of phenolic OH excluding ortho intramolecular Hbond substituents is 1. The lowest BCUT2D eigenvalue weighted by molar-refractivity contribution is 0.163. The summed E-state index contributed by atoms with van der Waals surface area (Å²) in [4.78, 5) is 2.59. The summed E-state index contributed by atoms with van der Waals surface area (Å²) in [6.45, 7) is 10.9. The second kappa shape index (κ2) is 6.40. The first-order valence-electron chi connectivity index (χ1n) is 7.38. The molecule has 1 atom stereocenters. The van der Waals surface area contributed by atoms with Crippen LogP contribution in [0.1, 0.15) is 42.5 Å². The number of piperazine rings is 1. The second-order valence-electron chi connectivity index (χ2n) is 5.58. The van der Waals surface area contributed by atoms with E-state index >= 15 is 0 Å². The van der Waals surface area contributed by atoms with Gasteiger partial charge in [-0.1, -0.05) is 13.3 Å². The summed E-state index contributed by atoms with van der Waals surface area (Å²) in [6.07, 6.45) is 2.38. The molecule has 1 fully saturated rings. The average Bonchev–Trinajstić information content (AvgIpc) is 2.37. The molecule has 0 unspecified atom stereocenters. The summed E-state index contributed by atoms with van der Waals surface area (Å²) >= 11 is 0. The van der Waals surface area contributed by atoms with E-state index in [4.69, 9.17) is 0 Å². The van der Waals surface area contributed by atoms with Gasteiger partial charge >= 0.3 is 0 Å². The molecule has 1 heterocycles. The molecular weight excluding hydrogens is 236 g/mol. The third kappa shape index (κ3) is 3.28. The lowest BCUT2D eigenvalue weighted by atomic mass is 9.91. The lowest BCUT2D eigenvalue weighted by Crippen LogP contribution is -2.45. The van der Waals surface area contributed by atoms with Crippen LogP contribution >= 0.6 is 0 Å². The van der Waals surface area contributed by atoms with Crippen molar-refractivity contribution in [2.45, 2.75) is 39.7 Å². The zero-order valence-corrected chi connectivity index (χ0v) is 12.4. The van der Waals surface area contributed by atoms with Gasteiger partial charge in [0.05, 0.1) is 0 Å². The number of aromatic hydroxyl groups is 1. The highest BCUT2D eigenvalue weighted by molar-refractivity contribution is 5.42. The van der Waals surface area contributed by atoms with Crippen LogP contribution in [0, 0.1) is 13.8 Å². The van der Waals surface area contributed by atoms with Gasteiger partial charge in [-0.25, -0.2) is 0 Å². The summed E-state index contributed by atoms with van der Waals surface area (Å²) in [5.74, 6) is 0.384. The van der Waals surface area contributed by atoms with Crippen LogP contribution in [-0.2, 0) is 0 Å². The number of rotatable bonds is 4. The van der Waals surface area contributed by atoms with Gasteiger partial charge in [0, 0.05) is 32.2 Å². The minimum absolute atomic E-state index is 0.384. The maximum atomic E-state index is 9.72. The summed E-state index contributed by atoms with van der Waals surface area (Å²) in [5, 5.41) is 13.1. The molecule has 3 heteroatoms. The summed E-state index contributed by atoms with van der Waals surface area (Å²) in [7, 11) is 0. The molecule has 1 saturated heterocycles. The zero-order valence-electron chi connectivity index (χ0n) is 12.4. The summed E-state index contributed by atoms with van der Waals surface area (Å²) < 4.78 is 0. The molecule has 0 amide bonds. The molecule has 19 heavy (non-hydrogen) atoms. The van der Waals surface area contributed by atoms with Crippen molar-refractivity contribution in [2.75, 3.05) is 26.2 Å². The molecule has 2 rings (SSSR count). The summed E-state index contributed by atoms with van der Waals surface area (Å²) in [5.41, 5.74) is 3.85. The van der Waals surface area contributed by atoms with E-state index in [0.717, 1.165) is 26.2 Å². The molecule has 2 N–H and O–H groups in total. The van der Waals surface area contributed by atoms with Crippen LogP contribution in [0.3, 0.4) is 0 Å². The molecule has 1 aliphatic heterocycles. The normalized spacial score (nSPS) is 18.5. The fourth-order valence-electron chi connectivity index (χ4n) is 3.25. The van der Waals surface area contributed by atoms with Crippen LogP contribution in [0.5, 0.6) is 5.75 Å².